The van der Waals surface area contributed by atoms with Crippen molar-refractivity contribution in [3.63, 3.8) is 0 Å². The van der Waals surface area contributed by atoms with Gasteiger partial charge in [-0.1, -0.05) is 18.2 Å². The molecule has 0 amide bonds. The quantitative estimate of drug-likeness (QED) is 0.677. The second-order valence-electron chi connectivity index (χ2n) is 3.50. The van der Waals surface area contributed by atoms with Crippen LogP contribution in [0.4, 0.5) is 0 Å². The predicted octanol–water partition coefficient (Wildman–Crippen LogP) is 0.581. The third-order valence-corrected chi connectivity index (χ3v) is 3.92. The summed E-state index contributed by atoms with van der Waals surface area (Å²) in [5.74, 6) is 0. The molecule has 90 valence electrons. The molecule has 7 nitrogen and oxygen atoms in total. The molecule has 0 fully saturated rings. The molecule has 2 heterocycles. The molecule has 18 heavy (non-hydrogen) atoms. The first-order chi connectivity index (χ1) is 8.68. The van der Waals surface area contributed by atoms with E-state index in [1.54, 1.807) is 18.2 Å². The summed E-state index contributed by atoms with van der Waals surface area (Å²) < 4.78 is 24.4. The van der Waals surface area contributed by atoms with Crippen LogP contribution in [0.5, 0.6) is 0 Å². The Kier molecular flexibility index (Phi) is 2.30. The average Bonchev–Trinajstić information content (AvgIpc) is 2.87. The topological polar surface area (TPSA) is 101 Å². The van der Waals surface area contributed by atoms with Gasteiger partial charge in [-0.2, -0.15) is 15.3 Å². The molecule has 0 atom stereocenters. The van der Waals surface area contributed by atoms with E-state index in [1.807, 2.05) is 0 Å². The van der Waals surface area contributed by atoms with Crippen molar-refractivity contribution < 1.29 is 8.42 Å². The van der Waals surface area contributed by atoms with Gasteiger partial charge in [0.1, 0.15) is 5.52 Å². The van der Waals surface area contributed by atoms with Gasteiger partial charge in [0.25, 0.3) is 5.16 Å². The summed E-state index contributed by atoms with van der Waals surface area (Å²) in [6.45, 7) is 0. The molecule has 1 N–H and O–H groups in total. The van der Waals surface area contributed by atoms with Crippen molar-refractivity contribution in [3.8, 4) is 0 Å². The van der Waals surface area contributed by atoms with Crippen LogP contribution in [0.3, 0.4) is 0 Å². The summed E-state index contributed by atoms with van der Waals surface area (Å²) >= 11 is 0. The van der Waals surface area contributed by atoms with Gasteiger partial charge in [-0.15, -0.1) is 5.10 Å². The molecular weight excluding hydrogens is 254 g/mol. The van der Waals surface area contributed by atoms with Gasteiger partial charge in [0.05, 0.1) is 11.1 Å². The zero-order valence-electron chi connectivity index (χ0n) is 8.98. The Bertz CT molecular complexity index is 797. The van der Waals surface area contributed by atoms with E-state index in [9.17, 15) is 8.42 Å². The summed E-state index contributed by atoms with van der Waals surface area (Å²) in [6, 6.07) is 8.00. The molecule has 1 aromatic carbocycles. The molecular formula is C10H7N5O2S. The zero-order valence-corrected chi connectivity index (χ0v) is 9.79. The second-order valence-corrected chi connectivity index (χ2v) is 5.34. The van der Waals surface area contributed by atoms with Crippen molar-refractivity contribution in [2.75, 3.05) is 0 Å². The Labute approximate surface area is 102 Å². The fourth-order valence-corrected chi connectivity index (χ4v) is 2.60. The third-order valence-electron chi connectivity index (χ3n) is 2.35. The number of nitrogens with zero attached hydrogens (tertiary/aromatic N) is 4. The van der Waals surface area contributed by atoms with Crippen molar-refractivity contribution >= 4 is 21.0 Å². The van der Waals surface area contributed by atoms with E-state index in [1.165, 1.54) is 18.3 Å². The maximum absolute atomic E-state index is 12.2. The molecule has 0 saturated carbocycles. The van der Waals surface area contributed by atoms with Crippen LogP contribution in [0.25, 0.3) is 11.2 Å². The van der Waals surface area contributed by atoms with Gasteiger partial charge in [-0.25, -0.2) is 13.4 Å². The Hall–Kier alpha value is -2.35. The number of rotatable bonds is 2. The Morgan fingerprint density at radius 1 is 1.06 bits per heavy atom. The van der Waals surface area contributed by atoms with Crippen molar-refractivity contribution in [3.05, 3.63) is 36.5 Å². The van der Waals surface area contributed by atoms with Crippen LogP contribution in [0, 0.1) is 0 Å². The monoisotopic (exact) mass is 261 g/mol. The predicted molar refractivity (Wildman–Crippen MR) is 61.4 cm³/mol. The maximum atomic E-state index is 12.2. The van der Waals surface area contributed by atoms with E-state index in [-0.39, 0.29) is 15.7 Å². The van der Waals surface area contributed by atoms with E-state index in [4.69, 9.17) is 0 Å². The molecule has 0 bridgehead atoms. The van der Waals surface area contributed by atoms with Gasteiger partial charge in [0.15, 0.2) is 0 Å². The molecule has 0 aliphatic heterocycles. The minimum Gasteiger partial charge on any atom is -0.224 e. The minimum atomic E-state index is -3.71. The number of aromatic nitrogens is 5. The van der Waals surface area contributed by atoms with Crippen LogP contribution in [0.2, 0.25) is 0 Å². The fraction of sp³-hybridized carbons (Fsp3) is 0. The highest BCUT2D eigenvalue weighted by Gasteiger charge is 2.21. The summed E-state index contributed by atoms with van der Waals surface area (Å²) in [6.07, 6.45) is 1.32. The van der Waals surface area contributed by atoms with E-state index in [0.717, 1.165) is 0 Å². The maximum Gasteiger partial charge on any atom is 0.254 e. The normalized spacial score (nSPS) is 11.8. The fourth-order valence-electron chi connectivity index (χ4n) is 1.47. The van der Waals surface area contributed by atoms with E-state index in [2.05, 4.69) is 25.4 Å². The average molecular weight is 261 g/mol. The van der Waals surface area contributed by atoms with Crippen LogP contribution in [0.15, 0.2) is 46.6 Å². The smallest absolute Gasteiger partial charge is 0.224 e. The number of H-pyrrole nitrogens is 1. The van der Waals surface area contributed by atoms with Crippen LogP contribution in [-0.2, 0) is 9.84 Å². The number of nitrogens with one attached hydrogen (secondary N) is 1. The number of benzene rings is 1. The van der Waals surface area contributed by atoms with Crippen molar-refractivity contribution in [2.45, 2.75) is 10.1 Å². The van der Waals surface area contributed by atoms with Crippen molar-refractivity contribution in [1.29, 1.82) is 0 Å². The van der Waals surface area contributed by atoms with Crippen molar-refractivity contribution in [1.82, 2.24) is 25.4 Å². The van der Waals surface area contributed by atoms with Gasteiger partial charge >= 0.3 is 0 Å². The third kappa shape index (κ3) is 1.63. The number of aromatic amines is 1. The Morgan fingerprint density at radius 3 is 2.61 bits per heavy atom. The summed E-state index contributed by atoms with van der Waals surface area (Å²) in [4.78, 5) is 7.83. The second kappa shape index (κ2) is 3.84. The summed E-state index contributed by atoms with van der Waals surface area (Å²) in [7, 11) is -3.71. The lowest BCUT2D eigenvalue weighted by Crippen LogP contribution is -2.06. The lowest BCUT2D eigenvalue weighted by molar-refractivity contribution is 0.587. The molecule has 8 heteroatoms. The van der Waals surface area contributed by atoms with Gasteiger partial charge < -0.3 is 0 Å². The van der Waals surface area contributed by atoms with Crippen LogP contribution < -0.4 is 0 Å². The molecule has 0 unspecified atom stereocenters. The number of hydrogen-bond donors (Lipinski definition) is 1. The first-order valence-corrected chi connectivity index (χ1v) is 6.50. The first kappa shape index (κ1) is 10.8. The number of sulfone groups is 1. The molecule has 3 rings (SSSR count). The van der Waals surface area contributed by atoms with E-state index in [0.29, 0.717) is 5.52 Å². The van der Waals surface area contributed by atoms with E-state index >= 15 is 0 Å². The van der Waals surface area contributed by atoms with Crippen LogP contribution >= 0.6 is 0 Å². The van der Waals surface area contributed by atoms with Gasteiger partial charge in [0.2, 0.25) is 15.5 Å². The van der Waals surface area contributed by atoms with Gasteiger partial charge in [-0.05, 0) is 12.1 Å². The molecule has 0 spiro atoms. The highest BCUT2D eigenvalue weighted by Crippen LogP contribution is 2.17. The minimum absolute atomic E-state index is 0.146. The van der Waals surface area contributed by atoms with E-state index < -0.39 is 9.84 Å². The highest BCUT2D eigenvalue weighted by atomic mass is 32.2. The number of fused-ring (bicyclic) bond motifs is 1. The lowest BCUT2D eigenvalue weighted by atomic mass is 10.4. The SMILES string of the molecule is O=S(=O)(c1ccccc1)c1ncc2n[nH]nc2n1. The zero-order chi connectivity index (χ0) is 12.6. The molecule has 0 aliphatic carbocycles. The Balaban J connectivity index is 2.19. The molecule has 0 saturated heterocycles. The molecule has 0 radical (unpaired) electrons. The van der Waals surface area contributed by atoms with Crippen LogP contribution in [0.1, 0.15) is 0 Å². The summed E-state index contributed by atoms with van der Waals surface area (Å²) in [5.41, 5.74) is 0.640. The highest BCUT2D eigenvalue weighted by molar-refractivity contribution is 7.91. The molecule has 2 aromatic heterocycles. The van der Waals surface area contributed by atoms with Gasteiger partial charge in [-0.3, -0.25) is 0 Å². The molecule has 0 aliphatic rings. The van der Waals surface area contributed by atoms with Gasteiger partial charge in [0, 0.05) is 0 Å². The number of hydrogen-bond acceptors (Lipinski definition) is 6. The standard InChI is InChI=1S/C10H7N5O2S/c16-18(17,7-4-2-1-3-5-7)10-11-6-8-9(12-10)14-15-13-8/h1-6H,(H,11,12,13,14,15). The van der Waals surface area contributed by atoms with Crippen molar-refractivity contribution in [2.24, 2.45) is 0 Å². The Morgan fingerprint density at radius 2 is 1.83 bits per heavy atom. The lowest BCUT2D eigenvalue weighted by Gasteiger charge is -2.01. The largest absolute Gasteiger partial charge is 0.254 e. The molecule has 3 aromatic rings. The summed E-state index contributed by atoms with van der Waals surface area (Å²) in [5, 5.41) is 9.57. The van der Waals surface area contributed by atoms with Crippen LogP contribution in [-0.4, -0.2) is 33.8 Å². The first-order valence-electron chi connectivity index (χ1n) is 5.01.